The van der Waals surface area contributed by atoms with Crippen molar-refractivity contribution in [3.8, 4) is 0 Å². The Morgan fingerprint density at radius 3 is 1.69 bits per heavy atom. The molecule has 0 aromatic heterocycles. The number of benzene rings is 2. The van der Waals surface area contributed by atoms with E-state index in [9.17, 15) is 19.8 Å². The second kappa shape index (κ2) is 11.1. The van der Waals surface area contributed by atoms with E-state index in [1.165, 1.54) is 12.4 Å². The van der Waals surface area contributed by atoms with Crippen molar-refractivity contribution in [2.24, 2.45) is 9.98 Å². The van der Waals surface area contributed by atoms with E-state index < -0.39 is 0 Å². The molecule has 0 bridgehead atoms. The number of carbonyl (C=O) groups is 2. The fourth-order valence-corrected chi connectivity index (χ4v) is 4.58. The van der Waals surface area contributed by atoms with Crippen molar-refractivity contribution in [2.75, 3.05) is 6.54 Å². The zero-order valence-electron chi connectivity index (χ0n) is 19.8. The lowest BCUT2D eigenvalue weighted by atomic mass is 9.83. The minimum atomic E-state index is -0.260. The monoisotopic (exact) mass is 470 g/mol. The molecular formula is C29H30N2O4. The molecule has 0 spiro atoms. The standard InChI is InChI=1S/C29H30N2O4/c1-19(31-18-25-28(34)14-23(15-29(25)35)21-10-6-3-7-11-21)16-30-17-24-26(32)12-22(13-27(24)33)20-8-4-2-5-9-20/h2-11,17-19,22-23,32,34H,12-16H2,1H3/t19-,22?,23?/m1/s1. The van der Waals surface area contributed by atoms with Gasteiger partial charge in [-0.25, -0.2) is 0 Å². The topological polar surface area (TPSA) is 99.3 Å². The molecule has 180 valence electrons. The molecule has 2 aliphatic rings. The maximum absolute atomic E-state index is 12.6. The van der Waals surface area contributed by atoms with Gasteiger partial charge in [-0.3, -0.25) is 19.6 Å². The van der Waals surface area contributed by atoms with Crippen LogP contribution in [0.15, 0.2) is 93.3 Å². The number of aliphatic hydroxyl groups is 2. The van der Waals surface area contributed by atoms with Crippen LogP contribution in [0, 0.1) is 0 Å². The minimum Gasteiger partial charge on any atom is -0.511 e. The number of allylic oxidation sites excluding steroid dienone is 4. The first-order valence-corrected chi connectivity index (χ1v) is 12.0. The third-order valence-electron chi connectivity index (χ3n) is 6.56. The third-order valence-corrected chi connectivity index (χ3v) is 6.56. The lowest BCUT2D eigenvalue weighted by Gasteiger charge is -2.22. The number of hydrogen-bond donors (Lipinski definition) is 2. The summed E-state index contributed by atoms with van der Waals surface area (Å²) < 4.78 is 0. The van der Waals surface area contributed by atoms with E-state index in [1.54, 1.807) is 0 Å². The maximum atomic E-state index is 12.6. The molecule has 4 rings (SSSR count). The summed E-state index contributed by atoms with van der Waals surface area (Å²) in [4.78, 5) is 33.9. The van der Waals surface area contributed by atoms with Crippen LogP contribution >= 0.6 is 0 Å². The fourth-order valence-electron chi connectivity index (χ4n) is 4.58. The van der Waals surface area contributed by atoms with E-state index in [1.807, 2.05) is 67.6 Å². The van der Waals surface area contributed by atoms with Crippen molar-refractivity contribution in [3.63, 3.8) is 0 Å². The van der Waals surface area contributed by atoms with E-state index in [4.69, 9.17) is 0 Å². The average molecular weight is 471 g/mol. The number of carbonyl (C=O) groups excluding carboxylic acids is 2. The maximum Gasteiger partial charge on any atom is 0.168 e. The molecule has 3 atom stereocenters. The highest BCUT2D eigenvalue weighted by Crippen LogP contribution is 2.34. The van der Waals surface area contributed by atoms with Gasteiger partial charge in [0.15, 0.2) is 11.6 Å². The van der Waals surface area contributed by atoms with E-state index in [0.717, 1.165) is 11.1 Å². The molecule has 6 heteroatoms. The number of Topliss-reactive ketones (excluding diaryl/α,β-unsaturated/α-hetero) is 2. The summed E-state index contributed by atoms with van der Waals surface area (Å²) in [5.41, 5.74) is 2.58. The number of hydrogen-bond acceptors (Lipinski definition) is 6. The Kier molecular flexibility index (Phi) is 7.70. The summed E-state index contributed by atoms with van der Waals surface area (Å²) in [6.45, 7) is 2.13. The van der Waals surface area contributed by atoms with E-state index >= 15 is 0 Å². The predicted octanol–water partition coefficient (Wildman–Crippen LogP) is 5.43. The van der Waals surface area contributed by atoms with Gasteiger partial charge < -0.3 is 10.2 Å². The van der Waals surface area contributed by atoms with Crippen LogP contribution in [0.4, 0.5) is 0 Å². The van der Waals surface area contributed by atoms with Gasteiger partial charge >= 0.3 is 0 Å². The van der Waals surface area contributed by atoms with Gasteiger partial charge in [-0.1, -0.05) is 60.7 Å². The van der Waals surface area contributed by atoms with E-state index in [2.05, 4.69) is 9.98 Å². The van der Waals surface area contributed by atoms with Crippen LogP contribution in [-0.4, -0.2) is 46.8 Å². The first-order chi connectivity index (χ1) is 16.9. The molecule has 6 nitrogen and oxygen atoms in total. The highest BCUT2D eigenvalue weighted by molar-refractivity contribution is 6.15. The van der Waals surface area contributed by atoms with Crippen LogP contribution in [0.25, 0.3) is 0 Å². The largest absolute Gasteiger partial charge is 0.511 e. The number of nitrogens with zero attached hydrogens (tertiary/aromatic N) is 2. The molecule has 2 N–H and O–H groups in total. The molecule has 0 fully saturated rings. The highest BCUT2D eigenvalue weighted by atomic mass is 16.3. The highest BCUT2D eigenvalue weighted by Gasteiger charge is 2.28. The van der Waals surface area contributed by atoms with Crippen LogP contribution in [0.5, 0.6) is 0 Å². The van der Waals surface area contributed by atoms with Crippen molar-refractivity contribution >= 4 is 24.0 Å². The lowest BCUT2D eigenvalue weighted by Crippen LogP contribution is -2.20. The Balaban J connectivity index is 1.35. The van der Waals surface area contributed by atoms with Gasteiger partial charge in [0.25, 0.3) is 0 Å². The van der Waals surface area contributed by atoms with E-state index in [-0.39, 0.29) is 58.7 Å². The molecule has 2 unspecified atom stereocenters. The van der Waals surface area contributed by atoms with Gasteiger partial charge in [0, 0.05) is 38.1 Å². The van der Waals surface area contributed by atoms with Crippen LogP contribution < -0.4 is 0 Å². The average Bonchev–Trinajstić information content (AvgIpc) is 2.86. The lowest BCUT2D eigenvalue weighted by molar-refractivity contribution is -0.117. The predicted molar refractivity (Wildman–Crippen MR) is 137 cm³/mol. The van der Waals surface area contributed by atoms with Gasteiger partial charge in [0.1, 0.15) is 11.5 Å². The summed E-state index contributed by atoms with van der Waals surface area (Å²) in [7, 11) is 0. The van der Waals surface area contributed by atoms with Crippen molar-refractivity contribution in [1.82, 2.24) is 0 Å². The molecule has 0 aliphatic heterocycles. The summed E-state index contributed by atoms with van der Waals surface area (Å²) >= 11 is 0. The molecule has 35 heavy (non-hydrogen) atoms. The Labute approximate surface area is 205 Å². The molecule has 0 saturated heterocycles. The Bertz CT molecular complexity index is 1200. The second-order valence-electron chi connectivity index (χ2n) is 9.22. The zero-order chi connectivity index (χ0) is 24.8. The SMILES string of the molecule is C[C@H](CN=CC1=C(O)CC(c2ccccc2)CC1=O)N=CC1=C(O)CC(c2ccccc2)CC1=O. The van der Waals surface area contributed by atoms with Crippen molar-refractivity contribution < 1.29 is 19.8 Å². The normalized spacial score (nSPS) is 22.4. The smallest absolute Gasteiger partial charge is 0.168 e. The van der Waals surface area contributed by atoms with E-state index in [0.29, 0.717) is 25.7 Å². The fraction of sp³-hybridized carbons (Fsp3) is 0.310. The zero-order valence-corrected chi connectivity index (χ0v) is 19.8. The number of rotatable bonds is 7. The molecule has 0 amide bonds. The minimum absolute atomic E-state index is 0.0279. The molecule has 2 aliphatic carbocycles. The first-order valence-electron chi connectivity index (χ1n) is 12.0. The summed E-state index contributed by atoms with van der Waals surface area (Å²) in [6.07, 6.45) is 4.35. The number of aliphatic hydroxyl groups excluding tert-OH is 2. The van der Waals surface area contributed by atoms with Crippen molar-refractivity contribution in [1.29, 1.82) is 0 Å². The molecule has 0 radical (unpaired) electrons. The molecule has 0 saturated carbocycles. The van der Waals surface area contributed by atoms with Gasteiger partial charge in [-0.2, -0.15) is 0 Å². The Morgan fingerprint density at radius 1 is 0.771 bits per heavy atom. The van der Waals surface area contributed by atoms with Crippen LogP contribution in [0.3, 0.4) is 0 Å². The molecular weight excluding hydrogens is 440 g/mol. The van der Waals surface area contributed by atoms with Crippen LogP contribution in [-0.2, 0) is 9.59 Å². The summed E-state index contributed by atoms with van der Waals surface area (Å²) in [6, 6.07) is 19.2. The molecule has 2 aromatic rings. The van der Waals surface area contributed by atoms with Gasteiger partial charge in [-0.05, 0) is 29.9 Å². The van der Waals surface area contributed by atoms with Crippen molar-refractivity contribution in [3.05, 3.63) is 94.5 Å². The van der Waals surface area contributed by atoms with Crippen molar-refractivity contribution in [2.45, 2.75) is 50.5 Å². The summed E-state index contributed by atoms with van der Waals surface area (Å²) in [5.74, 6) is -0.189. The third kappa shape index (κ3) is 6.01. The molecule has 2 aromatic carbocycles. The number of ketones is 2. The quantitative estimate of drug-likeness (QED) is 0.527. The van der Waals surface area contributed by atoms with Gasteiger partial charge in [0.2, 0.25) is 0 Å². The van der Waals surface area contributed by atoms with Crippen LogP contribution in [0.2, 0.25) is 0 Å². The Morgan fingerprint density at radius 2 is 1.23 bits per heavy atom. The second-order valence-corrected chi connectivity index (χ2v) is 9.22. The molecule has 0 heterocycles. The first kappa shape index (κ1) is 24.3. The number of aliphatic imine (C=N–C) groups is 2. The van der Waals surface area contributed by atoms with Gasteiger partial charge in [0.05, 0.1) is 23.7 Å². The Hall–Kier alpha value is -3.80. The van der Waals surface area contributed by atoms with Gasteiger partial charge in [-0.15, -0.1) is 0 Å². The van der Waals surface area contributed by atoms with Crippen LogP contribution in [0.1, 0.15) is 55.6 Å². The summed E-state index contributed by atoms with van der Waals surface area (Å²) in [5, 5.41) is 20.9.